The van der Waals surface area contributed by atoms with Crippen LogP contribution >= 0.6 is 0 Å². The SMILES string of the molecule is CCn1nc(C)c(Cn2cnc3c(OC)c(OC)c(OC)cc3c2=O)c1C. The van der Waals surface area contributed by atoms with E-state index in [-0.39, 0.29) is 5.56 Å². The van der Waals surface area contributed by atoms with E-state index in [9.17, 15) is 4.79 Å². The molecule has 2 heterocycles. The Morgan fingerprint density at radius 1 is 1.07 bits per heavy atom. The van der Waals surface area contributed by atoms with E-state index in [1.165, 1.54) is 27.7 Å². The van der Waals surface area contributed by atoms with Gasteiger partial charge in [-0.15, -0.1) is 0 Å². The lowest BCUT2D eigenvalue weighted by molar-refractivity contribution is 0.326. The fraction of sp³-hybridized carbons (Fsp3) is 0.421. The monoisotopic (exact) mass is 372 g/mol. The summed E-state index contributed by atoms with van der Waals surface area (Å²) in [6, 6.07) is 1.64. The lowest BCUT2D eigenvalue weighted by atomic mass is 10.1. The summed E-state index contributed by atoms with van der Waals surface area (Å²) in [5.41, 5.74) is 3.24. The summed E-state index contributed by atoms with van der Waals surface area (Å²) < 4.78 is 19.7. The highest BCUT2D eigenvalue weighted by atomic mass is 16.5. The Kier molecular flexibility index (Phi) is 5.07. The van der Waals surface area contributed by atoms with E-state index in [0.29, 0.717) is 34.7 Å². The Balaban J connectivity index is 2.19. The van der Waals surface area contributed by atoms with Gasteiger partial charge in [-0.25, -0.2) is 4.98 Å². The van der Waals surface area contributed by atoms with Crippen LogP contribution in [0.1, 0.15) is 23.9 Å². The first-order valence-corrected chi connectivity index (χ1v) is 8.67. The molecule has 27 heavy (non-hydrogen) atoms. The topological polar surface area (TPSA) is 80.4 Å². The van der Waals surface area contributed by atoms with E-state index in [4.69, 9.17) is 14.2 Å². The van der Waals surface area contributed by atoms with Crippen molar-refractivity contribution in [2.75, 3.05) is 21.3 Å². The molecule has 8 nitrogen and oxygen atoms in total. The predicted octanol–water partition coefficient (Wildman–Crippen LogP) is 2.30. The number of aromatic nitrogens is 4. The van der Waals surface area contributed by atoms with Crippen molar-refractivity contribution in [2.45, 2.75) is 33.9 Å². The van der Waals surface area contributed by atoms with Crippen LogP contribution in [-0.4, -0.2) is 40.7 Å². The van der Waals surface area contributed by atoms with Crippen molar-refractivity contribution >= 4 is 10.9 Å². The van der Waals surface area contributed by atoms with Crippen LogP contribution in [0.2, 0.25) is 0 Å². The highest BCUT2D eigenvalue weighted by Crippen LogP contribution is 2.41. The van der Waals surface area contributed by atoms with Gasteiger partial charge >= 0.3 is 0 Å². The molecule has 0 aliphatic rings. The minimum atomic E-state index is -0.178. The molecule has 3 rings (SSSR count). The molecule has 144 valence electrons. The summed E-state index contributed by atoms with van der Waals surface area (Å²) in [6.45, 7) is 7.18. The van der Waals surface area contributed by atoms with Gasteiger partial charge < -0.3 is 14.2 Å². The third kappa shape index (κ3) is 3.01. The van der Waals surface area contributed by atoms with Gasteiger partial charge in [-0.2, -0.15) is 5.10 Å². The van der Waals surface area contributed by atoms with Crippen LogP contribution in [0.3, 0.4) is 0 Å². The third-order valence-corrected chi connectivity index (χ3v) is 4.78. The van der Waals surface area contributed by atoms with E-state index in [1.54, 1.807) is 10.6 Å². The number of hydrogen-bond donors (Lipinski definition) is 0. The van der Waals surface area contributed by atoms with Gasteiger partial charge in [0.15, 0.2) is 11.5 Å². The molecule has 0 atom stereocenters. The molecule has 0 fully saturated rings. The van der Waals surface area contributed by atoms with Crippen molar-refractivity contribution in [3.05, 3.63) is 39.7 Å². The zero-order valence-electron chi connectivity index (χ0n) is 16.5. The molecule has 0 saturated carbocycles. The fourth-order valence-corrected chi connectivity index (χ4v) is 3.32. The quantitative estimate of drug-likeness (QED) is 0.661. The van der Waals surface area contributed by atoms with Crippen molar-refractivity contribution in [3.63, 3.8) is 0 Å². The molecule has 0 bridgehead atoms. The molecule has 2 aromatic heterocycles. The van der Waals surface area contributed by atoms with E-state index < -0.39 is 0 Å². The maximum atomic E-state index is 13.1. The lowest BCUT2D eigenvalue weighted by Crippen LogP contribution is -2.22. The summed E-state index contributed by atoms with van der Waals surface area (Å²) in [6.07, 6.45) is 1.53. The second-order valence-corrected chi connectivity index (χ2v) is 6.18. The minimum Gasteiger partial charge on any atom is -0.493 e. The Hall–Kier alpha value is -3.03. The summed E-state index contributed by atoms with van der Waals surface area (Å²) >= 11 is 0. The Morgan fingerprint density at radius 3 is 2.33 bits per heavy atom. The number of benzene rings is 1. The molecule has 0 aliphatic heterocycles. The van der Waals surface area contributed by atoms with Crippen LogP contribution in [0, 0.1) is 13.8 Å². The number of methoxy groups -OCH3 is 3. The summed E-state index contributed by atoms with van der Waals surface area (Å²) in [5.74, 6) is 1.21. The molecule has 3 aromatic rings. The van der Waals surface area contributed by atoms with Crippen molar-refractivity contribution in [1.82, 2.24) is 19.3 Å². The van der Waals surface area contributed by atoms with Crippen LogP contribution in [-0.2, 0) is 13.1 Å². The van der Waals surface area contributed by atoms with Crippen molar-refractivity contribution in [3.8, 4) is 17.2 Å². The van der Waals surface area contributed by atoms with Gasteiger partial charge in [0, 0.05) is 17.8 Å². The number of hydrogen-bond acceptors (Lipinski definition) is 6. The zero-order valence-corrected chi connectivity index (χ0v) is 16.5. The Morgan fingerprint density at radius 2 is 1.78 bits per heavy atom. The molecular formula is C19H24N4O4. The predicted molar refractivity (Wildman–Crippen MR) is 102 cm³/mol. The van der Waals surface area contributed by atoms with Gasteiger partial charge in [0.1, 0.15) is 5.52 Å². The minimum absolute atomic E-state index is 0.178. The van der Waals surface area contributed by atoms with Gasteiger partial charge in [-0.1, -0.05) is 0 Å². The van der Waals surface area contributed by atoms with Gasteiger partial charge in [-0.3, -0.25) is 14.0 Å². The Labute approximate surface area is 157 Å². The van der Waals surface area contributed by atoms with Crippen LogP contribution in [0.15, 0.2) is 17.2 Å². The van der Waals surface area contributed by atoms with E-state index >= 15 is 0 Å². The molecule has 0 spiro atoms. The molecule has 8 heteroatoms. The summed E-state index contributed by atoms with van der Waals surface area (Å²) in [4.78, 5) is 17.6. The second kappa shape index (κ2) is 7.30. The van der Waals surface area contributed by atoms with E-state index in [0.717, 1.165) is 23.5 Å². The summed E-state index contributed by atoms with van der Waals surface area (Å²) in [5, 5.41) is 4.93. The number of aryl methyl sites for hydroxylation is 2. The second-order valence-electron chi connectivity index (χ2n) is 6.18. The molecule has 0 unspecified atom stereocenters. The van der Waals surface area contributed by atoms with Crippen LogP contribution < -0.4 is 19.8 Å². The van der Waals surface area contributed by atoms with Crippen LogP contribution in [0.5, 0.6) is 17.2 Å². The summed E-state index contributed by atoms with van der Waals surface area (Å²) in [7, 11) is 4.55. The zero-order chi connectivity index (χ0) is 19.7. The average molecular weight is 372 g/mol. The largest absolute Gasteiger partial charge is 0.493 e. The molecule has 0 saturated heterocycles. The first-order valence-electron chi connectivity index (χ1n) is 8.67. The smallest absolute Gasteiger partial charge is 0.261 e. The standard InChI is InChI=1S/C19H24N4O4/c1-7-23-12(3)14(11(2)21-23)9-22-10-20-16-13(19(22)24)8-15(25-4)17(26-5)18(16)27-6/h8,10H,7,9H2,1-6H3. The number of fused-ring (bicyclic) bond motifs is 1. The third-order valence-electron chi connectivity index (χ3n) is 4.78. The molecule has 0 N–H and O–H groups in total. The van der Waals surface area contributed by atoms with Gasteiger partial charge in [0.2, 0.25) is 5.75 Å². The van der Waals surface area contributed by atoms with Gasteiger partial charge in [0.05, 0.1) is 45.3 Å². The van der Waals surface area contributed by atoms with Crippen molar-refractivity contribution in [1.29, 1.82) is 0 Å². The molecule has 0 radical (unpaired) electrons. The van der Waals surface area contributed by atoms with Gasteiger partial charge in [0.25, 0.3) is 5.56 Å². The highest BCUT2D eigenvalue weighted by molar-refractivity contribution is 5.89. The van der Waals surface area contributed by atoms with Crippen molar-refractivity contribution in [2.24, 2.45) is 0 Å². The van der Waals surface area contributed by atoms with Crippen LogP contribution in [0.4, 0.5) is 0 Å². The fourth-order valence-electron chi connectivity index (χ4n) is 3.32. The maximum Gasteiger partial charge on any atom is 0.261 e. The number of rotatable bonds is 6. The number of nitrogens with zero attached hydrogens (tertiary/aromatic N) is 4. The van der Waals surface area contributed by atoms with E-state index in [1.807, 2.05) is 25.5 Å². The first kappa shape index (κ1) is 18.8. The lowest BCUT2D eigenvalue weighted by Gasteiger charge is -2.15. The van der Waals surface area contributed by atoms with Gasteiger partial charge in [-0.05, 0) is 26.8 Å². The first-order chi connectivity index (χ1) is 13.0. The van der Waals surface area contributed by atoms with Crippen LogP contribution in [0.25, 0.3) is 10.9 Å². The van der Waals surface area contributed by atoms with Crippen molar-refractivity contribution < 1.29 is 14.2 Å². The molecule has 0 amide bonds. The number of ether oxygens (including phenoxy) is 3. The maximum absolute atomic E-state index is 13.1. The molecular weight excluding hydrogens is 348 g/mol. The molecule has 0 aliphatic carbocycles. The average Bonchev–Trinajstić information content (AvgIpc) is 2.95. The normalized spacial score (nSPS) is 11.0. The highest BCUT2D eigenvalue weighted by Gasteiger charge is 2.20. The molecule has 1 aromatic carbocycles. The van der Waals surface area contributed by atoms with E-state index in [2.05, 4.69) is 10.1 Å². The Bertz CT molecular complexity index is 1050.